The Morgan fingerprint density at radius 2 is 2.43 bits per heavy atom. The van der Waals surface area contributed by atoms with Crippen molar-refractivity contribution in [2.75, 3.05) is 0 Å². The molecule has 0 atom stereocenters. The maximum atomic E-state index is 10.6. The zero-order chi connectivity index (χ0) is 10.1. The molecule has 2 aromatic rings. The lowest BCUT2D eigenvalue weighted by Gasteiger charge is -1.94. The van der Waals surface area contributed by atoms with Gasteiger partial charge in [0.25, 0.3) is 0 Å². The summed E-state index contributed by atoms with van der Waals surface area (Å²) >= 11 is 1.14. The van der Waals surface area contributed by atoms with Crippen LogP contribution in [-0.2, 0) is 7.05 Å². The van der Waals surface area contributed by atoms with E-state index in [-0.39, 0.29) is 5.01 Å². The van der Waals surface area contributed by atoms with Gasteiger partial charge in [-0.25, -0.2) is 9.78 Å². The summed E-state index contributed by atoms with van der Waals surface area (Å²) in [5.74, 6) is -0.997. The van der Waals surface area contributed by atoms with Crippen LogP contribution in [-0.4, -0.2) is 25.8 Å². The average molecular weight is 209 g/mol. The van der Waals surface area contributed by atoms with E-state index < -0.39 is 5.97 Å². The van der Waals surface area contributed by atoms with Crippen LogP contribution in [0.25, 0.3) is 10.6 Å². The topological polar surface area (TPSA) is 68.0 Å². The van der Waals surface area contributed by atoms with Gasteiger partial charge < -0.3 is 5.11 Å². The standard InChI is InChI=1S/C8H7N3O2S/c1-11-5(2-3-10-11)6-4-9-7(14-6)8(12)13/h2-4H,1H3,(H,12,13). The van der Waals surface area contributed by atoms with E-state index in [2.05, 4.69) is 10.1 Å². The summed E-state index contributed by atoms with van der Waals surface area (Å²) in [6, 6.07) is 1.82. The third-order valence-corrected chi connectivity index (χ3v) is 2.77. The van der Waals surface area contributed by atoms with Crippen molar-refractivity contribution in [1.82, 2.24) is 14.8 Å². The van der Waals surface area contributed by atoms with Gasteiger partial charge in [-0.1, -0.05) is 0 Å². The summed E-state index contributed by atoms with van der Waals surface area (Å²) in [5.41, 5.74) is 0.870. The Morgan fingerprint density at radius 1 is 1.64 bits per heavy atom. The molecule has 14 heavy (non-hydrogen) atoms. The third kappa shape index (κ3) is 1.39. The van der Waals surface area contributed by atoms with Gasteiger partial charge in [-0.15, -0.1) is 11.3 Å². The van der Waals surface area contributed by atoms with Crippen LogP contribution < -0.4 is 0 Å². The lowest BCUT2D eigenvalue weighted by Crippen LogP contribution is -1.92. The van der Waals surface area contributed by atoms with Gasteiger partial charge in [-0.05, 0) is 6.07 Å². The number of aromatic carboxylic acids is 1. The monoisotopic (exact) mass is 209 g/mol. The summed E-state index contributed by atoms with van der Waals surface area (Å²) in [6.45, 7) is 0. The van der Waals surface area contributed by atoms with E-state index in [9.17, 15) is 4.79 Å². The van der Waals surface area contributed by atoms with Crippen molar-refractivity contribution in [2.24, 2.45) is 7.05 Å². The largest absolute Gasteiger partial charge is 0.476 e. The van der Waals surface area contributed by atoms with E-state index in [4.69, 9.17) is 5.11 Å². The molecular formula is C8H7N3O2S. The first-order valence-corrected chi connectivity index (χ1v) is 4.67. The minimum Gasteiger partial charge on any atom is -0.476 e. The van der Waals surface area contributed by atoms with Gasteiger partial charge in [0.05, 0.1) is 10.6 Å². The van der Waals surface area contributed by atoms with E-state index in [1.54, 1.807) is 24.1 Å². The molecule has 0 saturated heterocycles. The number of nitrogens with zero attached hydrogens (tertiary/aromatic N) is 3. The van der Waals surface area contributed by atoms with Crippen molar-refractivity contribution in [2.45, 2.75) is 0 Å². The normalized spacial score (nSPS) is 10.4. The molecule has 0 aliphatic heterocycles. The van der Waals surface area contributed by atoms with Gasteiger partial charge in [0.1, 0.15) is 0 Å². The molecule has 0 spiro atoms. The number of rotatable bonds is 2. The smallest absolute Gasteiger partial charge is 0.365 e. The highest BCUT2D eigenvalue weighted by atomic mass is 32.1. The number of carbonyl (C=O) groups is 1. The first-order chi connectivity index (χ1) is 6.68. The van der Waals surface area contributed by atoms with Crippen molar-refractivity contribution in [3.05, 3.63) is 23.5 Å². The Morgan fingerprint density at radius 3 is 2.93 bits per heavy atom. The Kier molecular flexibility index (Phi) is 2.05. The molecule has 0 amide bonds. The SMILES string of the molecule is Cn1nccc1-c1cnc(C(=O)O)s1. The molecule has 0 unspecified atom stereocenters. The van der Waals surface area contributed by atoms with Gasteiger partial charge in [-0.2, -0.15) is 5.10 Å². The van der Waals surface area contributed by atoms with Crippen LogP contribution in [0.1, 0.15) is 9.80 Å². The van der Waals surface area contributed by atoms with Crippen molar-refractivity contribution in [3.63, 3.8) is 0 Å². The fourth-order valence-electron chi connectivity index (χ4n) is 1.11. The molecule has 72 valence electrons. The first kappa shape index (κ1) is 8.89. The van der Waals surface area contributed by atoms with Crippen LogP contribution in [0.5, 0.6) is 0 Å². The fourth-order valence-corrected chi connectivity index (χ4v) is 1.92. The Hall–Kier alpha value is -1.69. The number of aryl methyl sites for hydroxylation is 1. The number of hydrogen-bond donors (Lipinski definition) is 1. The van der Waals surface area contributed by atoms with Gasteiger partial charge >= 0.3 is 5.97 Å². The molecular weight excluding hydrogens is 202 g/mol. The van der Waals surface area contributed by atoms with Crippen molar-refractivity contribution in [3.8, 4) is 10.6 Å². The van der Waals surface area contributed by atoms with Crippen molar-refractivity contribution >= 4 is 17.3 Å². The lowest BCUT2D eigenvalue weighted by atomic mass is 10.4. The van der Waals surface area contributed by atoms with E-state index in [0.717, 1.165) is 21.9 Å². The van der Waals surface area contributed by atoms with E-state index in [1.807, 2.05) is 6.07 Å². The minimum absolute atomic E-state index is 0.0983. The second-order valence-electron chi connectivity index (χ2n) is 2.67. The summed E-state index contributed by atoms with van der Waals surface area (Å²) in [4.78, 5) is 15.2. The van der Waals surface area contributed by atoms with E-state index in [0.29, 0.717) is 0 Å². The van der Waals surface area contributed by atoms with Crippen LogP contribution in [0, 0.1) is 0 Å². The number of hydrogen-bond acceptors (Lipinski definition) is 4. The van der Waals surface area contributed by atoms with Gasteiger partial charge in [0.2, 0.25) is 5.01 Å². The molecule has 0 saturated carbocycles. The van der Waals surface area contributed by atoms with Crippen molar-refractivity contribution in [1.29, 1.82) is 0 Å². The Bertz CT molecular complexity index is 474. The number of thiazole rings is 1. The predicted octanol–water partition coefficient (Wildman–Crippen LogP) is 1.24. The molecule has 0 aliphatic carbocycles. The Balaban J connectivity index is 2.43. The zero-order valence-corrected chi connectivity index (χ0v) is 8.15. The van der Waals surface area contributed by atoms with Crippen LogP contribution >= 0.6 is 11.3 Å². The molecule has 0 aromatic carbocycles. The van der Waals surface area contributed by atoms with Gasteiger partial charge in [0.15, 0.2) is 0 Å². The summed E-state index contributed by atoms with van der Waals surface area (Å²) < 4.78 is 1.68. The third-order valence-electron chi connectivity index (χ3n) is 1.76. The predicted molar refractivity (Wildman–Crippen MR) is 51.3 cm³/mol. The highest BCUT2D eigenvalue weighted by Crippen LogP contribution is 2.24. The summed E-state index contributed by atoms with van der Waals surface area (Å²) in [6.07, 6.45) is 3.21. The molecule has 2 aromatic heterocycles. The van der Waals surface area contributed by atoms with Crippen LogP contribution in [0.15, 0.2) is 18.5 Å². The van der Waals surface area contributed by atoms with Crippen LogP contribution in [0.2, 0.25) is 0 Å². The Labute approximate surface area is 83.6 Å². The molecule has 5 nitrogen and oxygen atoms in total. The molecule has 6 heteroatoms. The molecule has 2 rings (SSSR count). The maximum absolute atomic E-state index is 10.6. The fraction of sp³-hybridized carbons (Fsp3) is 0.125. The zero-order valence-electron chi connectivity index (χ0n) is 7.34. The molecule has 1 N–H and O–H groups in total. The molecule has 0 fully saturated rings. The second-order valence-corrected chi connectivity index (χ2v) is 3.71. The van der Waals surface area contributed by atoms with Crippen molar-refractivity contribution < 1.29 is 9.90 Å². The average Bonchev–Trinajstić information content (AvgIpc) is 2.71. The molecule has 0 radical (unpaired) electrons. The number of aromatic nitrogens is 3. The van der Waals surface area contributed by atoms with E-state index >= 15 is 0 Å². The van der Waals surface area contributed by atoms with Gasteiger partial charge in [0, 0.05) is 19.4 Å². The molecule has 0 bridgehead atoms. The lowest BCUT2D eigenvalue weighted by molar-refractivity contribution is 0.0696. The minimum atomic E-state index is -0.997. The van der Waals surface area contributed by atoms with Crippen LogP contribution in [0.3, 0.4) is 0 Å². The highest BCUT2D eigenvalue weighted by molar-refractivity contribution is 7.16. The number of carboxylic acids is 1. The molecule has 2 heterocycles. The van der Waals surface area contributed by atoms with Gasteiger partial charge in [-0.3, -0.25) is 4.68 Å². The molecule has 0 aliphatic rings. The second kappa shape index (κ2) is 3.22. The maximum Gasteiger partial charge on any atom is 0.365 e. The number of carboxylic acid groups (broad SMARTS) is 1. The van der Waals surface area contributed by atoms with Crippen LogP contribution in [0.4, 0.5) is 0 Å². The summed E-state index contributed by atoms with van der Waals surface area (Å²) in [7, 11) is 1.80. The summed E-state index contributed by atoms with van der Waals surface area (Å²) in [5, 5.41) is 12.8. The highest BCUT2D eigenvalue weighted by Gasteiger charge is 2.11. The van der Waals surface area contributed by atoms with E-state index in [1.165, 1.54) is 0 Å². The first-order valence-electron chi connectivity index (χ1n) is 3.86. The quantitative estimate of drug-likeness (QED) is 0.808.